The zero-order chi connectivity index (χ0) is 13.5. The van der Waals surface area contributed by atoms with Gasteiger partial charge in [-0.1, -0.05) is 23.7 Å². The fourth-order valence-electron chi connectivity index (χ4n) is 1.99. The van der Waals surface area contributed by atoms with Crippen LogP contribution in [0.3, 0.4) is 0 Å². The molecular weight excluding hydrogens is 290 g/mol. The zero-order valence-electron chi connectivity index (χ0n) is 9.87. The summed E-state index contributed by atoms with van der Waals surface area (Å²) in [7, 11) is 0. The molecule has 1 unspecified atom stereocenters. The molecule has 1 aliphatic rings. The van der Waals surface area contributed by atoms with Crippen molar-refractivity contribution in [1.82, 2.24) is 4.98 Å². The van der Waals surface area contributed by atoms with Gasteiger partial charge in [0.25, 0.3) is 5.92 Å². The minimum absolute atomic E-state index is 0.0408. The molecule has 0 spiro atoms. The largest absolute Gasteiger partial charge is 0.380 e. The van der Waals surface area contributed by atoms with E-state index >= 15 is 0 Å². The summed E-state index contributed by atoms with van der Waals surface area (Å²) in [4.78, 5) is 4.96. The van der Waals surface area contributed by atoms with Gasteiger partial charge in [0.15, 0.2) is 4.47 Å². The molecule has 0 aliphatic heterocycles. The van der Waals surface area contributed by atoms with Gasteiger partial charge in [-0.05, 0) is 17.7 Å². The first-order chi connectivity index (χ1) is 9.04. The molecule has 0 amide bonds. The van der Waals surface area contributed by atoms with Crippen LogP contribution in [-0.4, -0.2) is 10.9 Å². The van der Waals surface area contributed by atoms with Crippen molar-refractivity contribution >= 4 is 28.6 Å². The van der Waals surface area contributed by atoms with Crippen LogP contribution in [0.25, 0.3) is 0 Å². The third kappa shape index (κ3) is 2.87. The van der Waals surface area contributed by atoms with Crippen molar-refractivity contribution in [3.63, 3.8) is 0 Å². The van der Waals surface area contributed by atoms with E-state index in [1.165, 1.54) is 11.3 Å². The van der Waals surface area contributed by atoms with Crippen LogP contribution in [0.1, 0.15) is 22.8 Å². The average Bonchev–Trinajstić information content (AvgIpc) is 2.81. The number of nitrogens with zero attached hydrogens (tertiary/aromatic N) is 1. The third-order valence-electron chi connectivity index (χ3n) is 3.11. The van der Waals surface area contributed by atoms with Crippen LogP contribution in [0.4, 0.5) is 14.5 Å². The fraction of sp³-hybridized carbons (Fsp3) is 0.308. The number of aromatic nitrogens is 1. The number of benzene rings is 1. The minimum Gasteiger partial charge on any atom is -0.380 e. The van der Waals surface area contributed by atoms with Crippen molar-refractivity contribution in [3.8, 4) is 0 Å². The van der Waals surface area contributed by atoms with E-state index in [4.69, 9.17) is 11.6 Å². The Morgan fingerprint density at radius 3 is 2.89 bits per heavy atom. The Morgan fingerprint density at radius 2 is 2.26 bits per heavy atom. The molecule has 2 nitrogen and oxygen atoms in total. The highest BCUT2D eigenvalue weighted by molar-refractivity contribution is 7.15. The lowest BCUT2D eigenvalue weighted by Crippen LogP contribution is -1.99. The zero-order valence-corrected chi connectivity index (χ0v) is 11.4. The van der Waals surface area contributed by atoms with Crippen LogP contribution in [-0.2, 0) is 6.54 Å². The van der Waals surface area contributed by atoms with E-state index in [2.05, 4.69) is 10.3 Å². The van der Waals surface area contributed by atoms with Crippen LogP contribution in [0.5, 0.6) is 0 Å². The Bertz CT molecular complexity index is 600. The Labute approximate surface area is 118 Å². The lowest BCUT2D eigenvalue weighted by Gasteiger charge is -2.07. The lowest BCUT2D eigenvalue weighted by molar-refractivity contribution is 0.112. The molecule has 0 saturated heterocycles. The molecule has 3 rings (SSSR count). The van der Waals surface area contributed by atoms with Crippen molar-refractivity contribution in [2.75, 3.05) is 5.32 Å². The van der Waals surface area contributed by atoms with Crippen molar-refractivity contribution in [3.05, 3.63) is 45.4 Å². The molecule has 1 atom stereocenters. The molecule has 6 heteroatoms. The first kappa shape index (κ1) is 12.8. The normalized spacial score (nSPS) is 20.3. The van der Waals surface area contributed by atoms with Gasteiger partial charge in [-0.3, -0.25) is 0 Å². The van der Waals surface area contributed by atoms with Gasteiger partial charge in [-0.15, -0.1) is 11.3 Å². The van der Waals surface area contributed by atoms with Crippen LogP contribution in [0, 0.1) is 0 Å². The molecule has 0 radical (unpaired) electrons. The molecule has 1 saturated carbocycles. The second-order valence-electron chi connectivity index (χ2n) is 4.58. The van der Waals surface area contributed by atoms with Gasteiger partial charge in [0, 0.05) is 23.2 Å². The van der Waals surface area contributed by atoms with Gasteiger partial charge in [0.1, 0.15) is 0 Å². The van der Waals surface area contributed by atoms with E-state index in [1.807, 2.05) is 6.07 Å². The molecule has 1 aromatic heterocycles. The third-order valence-corrected chi connectivity index (χ3v) is 4.22. The predicted molar refractivity (Wildman–Crippen MR) is 73.2 cm³/mol. The summed E-state index contributed by atoms with van der Waals surface area (Å²) >= 11 is 7.15. The quantitative estimate of drug-likeness (QED) is 0.897. The van der Waals surface area contributed by atoms with Crippen molar-refractivity contribution in [2.45, 2.75) is 24.8 Å². The monoisotopic (exact) mass is 300 g/mol. The SMILES string of the molecule is FC1(F)CC1c1cccc(NCc2cnc(Cl)s2)c1. The standard InChI is InChI=1S/C13H11ClF2N2S/c14-12-18-7-10(19-12)6-17-9-3-1-2-8(4-9)11-5-13(11,15)16/h1-4,7,11,17H,5-6H2. The van der Waals surface area contributed by atoms with Crippen LogP contribution in [0.15, 0.2) is 30.5 Å². The number of rotatable bonds is 4. The maximum absolute atomic E-state index is 13.0. The Hall–Kier alpha value is -1.20. The molecule has 0 bridgehead atoms. The van der Waals surface area contributed by atoms with E-state index in [0.717, 1.165) is 10.6 Å². The van der Waals surface area contributed by atoms with Crippen LogP contribution < -0.4 is 5.32 Å². The number of nitrogens with one attached hydrogen (secondary N) is 1. The molecule has 1 aliphatic carbocycles. The van der Waals surface area contributed by atoms with E-state index in [9.17, 15) is 8.78 Å². The number of hydrogen-bond donors (Lipinski definition) is 1. The maximum Gasteiger partial charge on any atom is 0.255 e. The highest BCUT2D eigenvalue weighted by Crippen LogP contribution is 2.55. The molecule has 19 heavy (non-hydrogen) atoms. The van der Waals surface area contributed by atoms with Crippen molar-refractivity contribution in [1.29, 1.82) is 0 Å². The second kappa shape index (κ2) is 4.72. The molecular formula is C13H11ClF2N2S. The Kier molecular flexibility index (Phi) is 3.19. The van der Waals surface area contributed by atoms with Gasteiger partial charge in [-0.25, -0.2) is 13.8 Å². The Balaban J connectivity index is 1.67. The number of halogens is 3. The first-order valence-corrected chi connectivity index (χ1v) is 7.06. The minimum atomic E-state index is -2.52. The molecule has 1 N–H and O–H groups in total. The van der Waals surface area contributed by atoms with Gasteiger partial charge >= 0.3 is 0 Å². The summed E-state index contributed by atoms with van der Waals surface area (Å²) in [6, 6.07) is 7.20. The summed E-state index contributed by atoms with van der Waals surface area (Å²) in [5.74, 6) is -3.14. The summed E-state index contributed by atoms with van der Waals surface area (Å²) in [6.45, 7) is 0.592. The fourth-order valence-corrected chi connectivity index (χ4v) is 2.91. The number of thiazole rings is 1. The Morgan fingerprint density at radius 1 is 1.47 bits per heavy atom. The average molecular weight is 301 g/mol. The van der Waals surface area contributed by atoms with E-state index in [-0.39, 0.29) is 6.42 Å². The van der Waals surface area contributed by atoms with E-state index in [1.54, 1.807) is 24.4 Å². The van der Waals surface area contributed by atoms with Gasteiger partial charge in [0.05, 0.1) is 12.5 Å². The molecule has 1 fully saturated rings. The van der Waals surface area contributed by atoms with E-state index in [0.29, 0.717) is 16.6 Å². The topological polar surface area (TPSA) is 24.9 Å². The molecule has 1 heterocycles. The number of hydrogen-bond acceptors (Lipinski definition) is 3. The van der Waals surface area contributed by atoms with E-state index < -0.39 is 11.8 Å². The highest BCUT2D eigenvalue weighted by Gasteiger charge is 2.57. The van der Waals surface area contributed by atoms with Gasteiger partial charge in [0.2, 0.25) is 0 Å². The van der Waals surface area contributed by atoms with Gasteiger partial charge in [-0.2, -0.15) is 0 Å². The number of anilines is 1. The molecule has 1 aromatic carbocycles. The summed E-state index contributed by atoms with van der Waals surface area (Å²) in [5, 5.41) is 3.19. The first-order valence-electron chi connectivity index (χ1n) is 5.86. The smallest absolute Gasteiger partial charge is 0.255 e. The second-order valence-corrected chi connectivity index (χ2v) is 6.27. The van der Waals surface area contributed by atoms with Gasteiger partial charge < -0.3 is 5.32 Å². The predicted octanol–water partition coefficient (Wildman–Crippen LogP) is 4.53. The summed E-state index contributed by atoms with van der Waals surface area (Å²) in [5.41, 5.74) is 1.53. The summed E-state index contributed by atoms with van der Waals surface area (Å²) in [6.07, 6.45) is 1.67. The number of alkyl halides is 2. The molecule has 100 valence electrons. The van der Waals surface area contributed by atoms with Crippen molar-refractivity contribution in [2.24, 2.45) is 0 Å². The van der Waals surface area contributed by atoms with Crippen LogP contribution in [0.2, 0.25) is 4.47 Å². The lowest BCUT2D eigenvalue weighted by atomic mass is 10.1. The maximum atomic E-state index is 13.0. The highest BCUT2D eigenvalue weighted by atomic mass is 35.5. The molecule has 2 aromatic rings. The summed E-state index contributed by atoms with van der Waals surface area (Å²) < 4.78 is 26.6. The van der Waals surface area contributed by atoms with Crippen molar-refractivity contribution < 1.29 is 8.78 Å². The van der Waals surface area contributed by atoms with Crippen LogP contribution >= 0.6 is 22.9 Å².